The van der Waals surface area contributed by atoms with Crippen LogP contribution in [0.25, 0.3) is 0 Å². The van der Waals surface area contributed by atoms with Crippen LogP contribution in [-0.4, -0.2) is 11.9 Å². The van der Waals surface area contributed by atoms with Gasteiger partial charge in [-0.15, -0.1) is 0 Å². The van der Waals surface area contributed by atoms with Crippen LogP contribution in [0.2, 0.25) is 0 Å². The minimum atomic E-state index is -3.41. The van der Waals surface area contributed by atoms with Gasteiger partial charge in [0.2, 0.25) is 0 Å². The Morgan fingerprint density at radius 1 is 1.07 bits per heavy atom. The molecule has 1 saturated carbocycles. The van der Waals surface area contributed by atoms with Gasteiger partial charge in [0.15, 0.2) is 0 Å². The zero-order valence-corrected chi connectivity index (χ0v) is 19.3. The molecule has 1 fully saturated rings. The molecular formula is C23H30F2NO2PS. The molecule has 1 aliphatic carbocycles. The lowest BCUT2D eigenvalue weighted by atomic mass is 9.75. The minimum Gasteiger partial charge on any atom is -0.312 e. The number of hydrogen-bond acceptors (Lipinski definition) is 3. The molecule has 0 spiro atoms. The van der Waals surface area contributed by atoms with Crippen molar-refractivity contribution in [3.63, 3.8) is 0 Å². The predicted octanol–water partition coefficient (Wildman–Crippen LogP) is 7.41. The van der Waals surface area contributed by atoms with Gasteiger partial charge in [0.25, 0.3) is 5.76 Å². The van der Waals surface area contributed by atoms with Crippen LogP contribution >= 0.6 is 19.3 Å². The normalized spacial score (nSPS) is 24.0. The average Bonchev–Trinajstić information content (AvgIpc) is 2.69. The molecule has 0 heterocycles. The standard InChI is InChI=1S/C23H30F2NO2PS/c1-16(2)21-14-9-17(3)15-22(21)28-29(27,19-7-5-4-6-8-19)26-18-10-12-20(13-11-18)30-23(24)25/h4-8,10-13,16-17,21-23H,9,14-15H2,1-3H3,(H,26,27)/t17-,21-,22+,29-/m1/s1. The van der Waals surface area contributed by atoms with Gasteiger partial charge in [0.05, 0.1) is 11.4 Å². The number of alkyl halides is 2. The Balaban J connectivity index is 1.87. The second kappa shape index (κ2) is 10.3. The van der Waals surface area contributed by atoms with Crippen molar-refractivity contribution in [1.82, 2.24) is 0 Å². The van der Waals surface area contributed by atoms with Crippen LogP contribution in [-0.2, 0) is 9.09 Å². The van der Waals surface area contributed by atoms with E-state index in [0.717, 1.165) is 19.3 Å². The second-order valence-corrected chi connectivity index (χ2v) is 11.5. The highest BCUT2D eigenvalue weighted by atomic mass is 32.2. The Bertz CT molecular complexity index is 848. The Morgan fingerprint density at radius 2 is 1.73 bits per heavy atom. The molecule has 2 aromatic carbocycles. The molecule has 0 unspecified atom stereocenters. The van der Waals surface area contributed by atoms with E-state index >= 15 is 0 Å². The lowest BCUT2D eigenvalue weighted by Crippen LogP contribution is -2.35. The van der Waals surface area contributed by atoms with Gasteiger partial charge < -0.3 is 9.61 Å². The van der Waals surface area contributed by atoms with Gasteiger partial charge in [-0.1, -0.05) is 57.2 Å². The van der Waals surface area contributed by atoms with Crippen molar-refractivity contribution in [2.75, 3.05) is 5.09 Å². The van der Waals surface area contributed by atoms with Crippen molar-refractivity contribution in [3.05, 3.63) is 54.6 Å². The molecule has 0 aliphatic heterocycles. The fourth-order valence-electron chi connectivity index (χ4n) is 4.08. The highest BCUT2D eigenvalue weighted by Gasteiger charge is 2.38. The Hall–Kier alpha value is -1.36. The quantitative estimate of drug-likeness (QED) is 0.334. The van der Waals surface area contributed by atoms with Crippen LogP contribution < -0.4 is 10.4 Å². The van der Waals surface area contributed by atoms with Gasteiger partial charge >= 0.3 is 7.52 Å². The fourth-order valence-corrected chi connectivity index (χ4v) is 6.56. The molecule has 1 aliphatic rings. The van der Waals surface area contributed by atoms with Gasteiger partial charge in [0, 0.05) is 10.6 Å². The number of halogens is 2. The zero-order valence-electron chi connectivity index (χ0n) is 17.6. The Morgan fingerprint density at radius 3 is 2.33 bits per heavy atom. The third-order valence-electron chi connectivity index (χ3n) is 5.70. The molecule has 0 saturated heterocycles. The number of benzene rings is 2. The molecule has 0 bridgehead atoms. The molecule has 0 aromatic heterocycles. The number of hydrogen-bond donors (Lipinski definition) is 1. The largest absolute Gasteiger partial charge is 0.324 e. The smallest absolute Gasteiger partial charge is 0.312 e. The molecule has 0 radical (unpaired) electrons. The summed E-state index contributed by atoms with van der Waals surface area (Å²) in [5, 5.41) is 3.72. The van der Waals surface area contributed by atoms with Gasteiger partial charge in [-0.05, 0) is 67.0 Å². The Kier molecular flexibility index (Phi) is 8.00. The highest BCUT2D eigenvalue weighted by molar-refractivity contribution is 7.99. The maximum atomic E-state index is 14.1. The topological polar surface area (TPSA) is 38.3 Å². The number of nitrogens with one attached hydrogen (secondary N) is 1. The second-order valence-electron chi connectivity index (χ2n) is 8.37. The summed E-state index contributed by atoms with van der Waals surface area (Å²) in [4.78, 5) is 0.465. The third-order valence-corrected chi connectivity index (χ3v) is 8.52. The van der Waals surface area contributed by atoms with Crippen molar-refractivity contribution in [2.45, 2.75) is 56.8 Å². The lowest BCUT2D eigenvalue weighted by Gasteiger charge is -2.39. The zero-order chi connectivity index (χ0) is 21.7. The summed E-state index contributed by atoms with van der Waals surface area (Å²) in [5.74, 6) is -1.15. The average molecular weight is 454 g/mol. The maximum absolute atomic E-state index is 14.1. The monoisotopic (exact) mass is 453 g/mol. The summed E-state index contributed by atoms with van der Waals surface area (Å²) in [6.45, 7) is 6.60. The molecule has 1 N–H and O–H groups in total. The van der Waals surface area contributed by atoms with Crippen molar-refractivity contribution in [1.29, 1.82) is 0 Å². The van der Waals surface area contributed by atoms with E-state index in [1.807, 2.05) is 30.3 Å². The van der Waals surface area contributed by atoms with Crippen LogP contribution in [0.3, 0.4) is 0 Å². The van der Waals surface area contributed by atoms with Crippen molar-refractivity contribution >= 4 is 30.3 Å². The van der Waals surface area contributed by atoms with Gasteiger partial charge in [-0.3, -0.25) is 4.57 Å². The summed E-state index contributed by atoms with van der Waals surface area (Å²) in [6, 6.07) is 15.8. The summed E-state index contributed by atoms with van der Waals surface area (Å²) in [5.41, 5.74) is 0.589. The highest BCUT2D eigenvalue weighted by Crippen LogP contribution is 2.51. The fraction of sp³-hybridized carbons (Fsp3) is 0.478. The molecule has 164 valence electrons. The third kappa shape index (κ3) is 6.09. The molecule has 2 aromatic rings. The van der Waals surface area contributed by atoms with Gasteiger partial charge in [0.1, 0.15) is 0 Å². The first-order chi connectivity index (χ1) is 14.3. The minimum absolute atomic E-state index is 0.0963. The summed E-state index contributed by atoms with van der Waals surface area (Å²) >= 11 is 0.492. The summed E-state index contributed by atoms with van der Waals surface area (Å²) < 4.78 is 45.7. The van der Waals surface area contributed by atoms with Crippen molar-refractivity contribution in [3.8, 4) is 0 Å². The van der Waals surface area contributed by atoms with E-state index in [2.05, 4.69) is 25.9 Å². The van der Waals surface area contributed by atoms with Crippen LogP contribution in [0, 0.1) is 17.8 Å². The predicted molar refractivity (Wildman–Crippen MR) is 122 cm³/mol. The molecular weight excluding hydrogens is 423 g/mol. The van der Waals surface area contributed by atoms with Crippen molar-refractivity contribution < 1.29 is 17.9 Å². The summed E-state index contributed by atoms with van der Waals surface area (Å²) in [7, 11) is -3.41. The van der Waals surface area contributed by atoms with Crippen LogP contribution in [0.1, 0.15) is 40.0 Å². The van der Waals surface area contributed by atoms with Crippen LogP contribution in [0.15, 0.2) is 59.5 Å². The van der Waals surface area contributed by atoms with E-state index in [-0.39, 0.29) is 6.10 Å². The first kappa shape index (κ1) is 23.3. The van der Waals surface area contributed by atoms with E-state index in [4.69, 9.17) is 4.52 Å². The molecule has 30 heavy (non-hydrogen) atoms. The number of anilines is 1. The molecule has 7 heteroatoms. The van der Waals surface area contributed by atoms with Gasteiger partial charge in [-0.2, -0.15) is 8.78 Å². The van der Waals surface area contributed by atoms with Crippen LogP contribution in [0.5, 0.6) is 0 Å². The number of thioether (sulfide) groups is 1. The van der Waals surface area contributed by atoms with E-state index in [0.29, 0.717) is 45.4 Å². The first-order valence-corrected chi connectivity index (χ1v) is 12.9. The van der Waals surface area contributed by atoms with Crippen LogP contribution in [0.4, 0.5) is 14.5 Å². The maximum Gasteiger partial charge on any atom is 0.324 e. The van der Waals surface area contributed by atoms with E-state index < -0.39 is 13.3 Å². The summed E-state index contributed by atoms with van der Waals surface area (Å²) in [6.07, 6.45) is 3.01. The Labute approximate surface area is 182 Å². The molecule has 3 rings (SSSR count). The lowest BCUT2D eigenvalue weighted by molar-refractivity contribution is 0.0506. The molecule has 3 nitrogen and oxygen atoms in total. The first-order valence-electron chi connectivity index (χ1n) is 10.4. The molecule has 0 amide bonds. The van der Waals surface area contributed by atoms with Crippen molar-refractivity contribution in [2.24, 2.45) is 17.8 Å². The van der Waals surface area contributed by atoms with E-state index in [1.165, 1.54) is 0 Å². The SMILES string of the molecule is CC(C)[C@H]1CC[C@@H](C)C[C@@H]1O[P@@](=O)(Nc1ccc(SC(F)F)cc1)c1ccccc1. The van der Waals surface area contributed by atoms with E-state index in [9.17, 15) is 13.3 Å². The molecule has 4 atom stereocenters. The van der Waals surface area contributed by atoms with E-state index in [1.54, 1.807) is 24.3 Å². The van der Waals surface area contributed by atoms with Gasteiger partial charge in [-0.25, -0.2) is 0 Å². The number of rotatable bonds is 8.